The number of halogens is 3. The van der Waals surface area contributed by atoms with Gasteiger partial charge in [-0.3, -0.25) is 0 Å². The van der Waals surface area contributed by atoms with E-state index < -0.39 is 29.9 Å². The Bertz CT molecular complexity index is 653. The minimum absolute atomic E-state index is 0.128. The van der Waals surface area contributed by atoms with E-state index in [1.165, 1.54) is 12.1 Å². The lowest BCUT2D eigenvalue weighted by Gasteiger charge is -2.24. The van der Waals surface area contributed by atoms with Crippen LogP contribution in [0.4, 0.5) is 13.2 Å². The summed E-state index contributed by atoms with van der Waals surface area (Å²) in [6, 6.07) is 6.92. The smallest absolute Gasteiger partial charge is 0.377 e. The molecule has 0 bridgehead atoms. The number of rotatable bonds is 12. The van der Waals surface area contributed by atoms with Gasteiger partial charge in [0.2, 0.25) is 0 Å². The number of hydrogen-bond acceptors (Lipinski definition) is 6. The van der Waals surface area contributed by atoms with E-state index in [9.17, 15) is 21.6 Å². The molecule has 0 radical (unpaired) electrons. The van der Waals surface area contributed by atoms with Gasteiger partial charge in [0.1, 0.15) is 0 Å². The molecule has 1 aromatic carbocycles. The summed E-state index contributed by atoms with van der Waals surface area (Å²) in [6.07, 6.45) is 1.64. The summed E-state index contributed by atoms with van der Waals surface area (Å²) in [7, 11) is -2.93. The van der Waals surface area contributed by atoms with Gasteiger partial charge < -0.3 is 13.3 Å². The minimum atomic E-state index is -5.22. The van der Waals surface area contributed by atoms with Crippen LogP contribution in [0.2, 0.25) is 6.04 Å². The molecule has 0 N–H and O–H groups in total. The van der Waals surface area contributed by atoms with Crippen molar-refractivity contribution >= 4 is 30.4 Å². The second-order valence-corrected chi connectivity index (χ2v) is 12.1. The van der Waals surface area contributed by atoms with Gasteiger partial charge in [0.25, 0.3) is 9.84 Å². The average molecular weight is 447 g/mol. The van der Waals surface area contributed by atoms with Crippen LogP contribution in [0.1, 0.15) is 17.5 Å². The molecule has 1 rings (SSSR count). The molecule has 0 aliphatic carbocycles. The molecule has 0 aliphatic heterocycles. The zero-order valence-corrected chi connectivity index (χ0v) is 18.2. The highest BCUT2D eigenvalue weighted by molar-refractivity contribution is 7.99. The number of hydrogen-bond donors (Lipinski definition) is 0. The summed E-state index contributed by atoms with van der Waals surface area (Å²) in [5.74, 6) is 0.726. The summed E-state index contributed by atoms with van der Waals surface area (Å²) in [4.78, 5) is 0. The van der Waals surface area contributed by atoms with Gasteiger partial charge in [-0.2, -0.15) is 24.9 Å². The van der Waals surface area contributed by atoms with E-state index in [-0.39, 0.29) is 5.56 Å². The van der Waals surface area contributed by atoms with E-state index in [1.807, 2.05) is 0 Å². The van der Waals surface area contributed by atoms with Crippen molar-refractivity contribution in [2.75, 3.05) is 32.8 Å². The lowest BCUT2D eigenvalue weighted by Crippen LogP contribution is -2.42. The molecule has 11 heteroatoms. The van der Waals surface area contributed by atoms with Crippen molar-refractivity contribution in [1.29, 1.82) is 0 Å². The van der Waals surface area contributed by atoms with Gasteiger partial charge in [0.05, 0.1) is 5.75 Å². The predicted octanol–water partition coefficient (Wildman–Crippen LogP) is 3.67. The number of thioether (sulfide) groups is 1. The maximum atomic E-state index is 12.4. The maximum Gasteiger partial charge on any atom is 0.500 e. The SMILES string of the molecule is CO[Si](CCCSCCc1ccc(CS(=O)(=O)C(F)(F)F)cc1)(OC)OC. The zero-order chi connectivity index (χ0) is 20.6. The van der Waals surface area contributed by atoms with Crippen molar-refractivity contribution in [3.8, 4) is 0 Å². The van der Waals surface area contributed by atoms with Crippen LogP contribution in [0.25, 0.3) is 0 Å². The maximum absolute atomic E-state index is 12.4. The molecular formula is C16H25F3O5S2Si. The molecule has 0 atom stereocenters. The fourth-order valence-corrected chi connectivity index (χ4v) is 6.05. The minimum Gasteiger partial charge on any atom is -0.377 e. The second-order valence-electron chi connectivity index (χ2n) is 5.78. The van der Waals surface area contributed by atoms with E-state index in [4.69, 9.17) is 13.3 Å². The van der Waals surface area contributed by atoms with Crippen molar-refractivity contribution in [3.63, 3.8) is 0 Å². The zero-order valence-electron chi connectivity index (χ0n) is 15.5. The van der Waals surface area contributed by atoms with E-state index >= 15 is 0 Å². The van der Waals surface area contributed by atoms with Crippen LogP contribution in [0, 0.1) is 0 Å². The molecule has 156 valence electrons. The van der Waals surface area contributed by atoms with Crippen molar-refractivity contribution in [1.82, 2.24) is 0 Å². The molecule has 0 spiro atoms. The van der Waals surface area contributed by atoms with Gasteiger partial charge in [-0.1, -0.05) is 24.3 Å². The molecule has 0 fully saturated rings. The van der Waals surface area contributed by atoms with E-state index in [0.717, 1.165) is 36.0 Å². The highest BCUT2D eigenvalue weighted by Crippen LogP contribution is 2.27. The molecule has 1 aromatic rings. The van der Waals surface area contributed by atoms with E-state index in [1.54, 1.807) is 45.2 Å². The highest BCUT2D eigenvalue weighted by Gasteiger charge is 2.45. The van der Waals surface area contributed by atoms with E-state index in [0.29, 0.717) is 0 Å². The number of alkyl halides is 3. The predicted molar refractivity (Wildman–Crippen MR) is 102 cm³/mol. The van der Waals surface area contributed by atoms with Gasteiger partial charge in [0.15, 0.2) is 0 Å². The Morgan fingerprint density at radius 3 is 1.96 bits per heavy atom. The Balaban J connectivity index is 2.37. The third-order valence-electron chi connectivity index (χ3n) is 3.97. The lowest BCUT2D eigenvalue weighted by atomic mass is 10.1. The van der Waals surface area contributed by atoms with Crippen LogP contribution in [0.3, 0.4) is 0 Å². The van der Waals surface area contributed by atoms with Gasteiger partial charge >= 0.3 is 14.3 Å². The summed E-state index contributed by atoms with van der Waals surface area (Å²) in [6.45, 7) is 0. The van der Waals surface area contributed by atoms with Gasteiger partial charge in [-0.05, 0) is 35.5 Å². The molecule has 0 heterocycles. The van der Waals surface area contributed by atoms with Crippen LogP contribution < -0.4 is 0 Å². The second kappa shape index (κ2) is 10.8. The Morgan fingerprint density at radius 2 is 1.48 bits per heavy atom. The molecule has 27 heavy (non-hydrogen) atoms. The molecule has 0 saturated carbocycles. The number of sulfone groups is 1. The first-order valence-corrected chi connectivity index (χ1v) is 12.9. The van der Waals surface area contributed by atoms with Crippen LogP contribution >= 0.6 is 11.8 Å². The molecular weight excluding hydrogens is 421 g/mol. The van der Waals surface area contributed by atoms with Gasteiger partial charge in [-0.25, -0.2) is 8.42 Å². The van der Waals surface area contributed by atoms with Crippen molar-refractivity contribution < 1.29 is 34.9 Å². The van der Waals surface area contributed by atoms with Crippen LogP contribution in [-0.4, -0.2) is 55.6 Å². The lowest BCUT2D eigenvalue weighted by molar-refractivity contribution is -0.0437. The van der Waals surface area contributed by atoms with Crippen LogP contribution in [0.15, 0.2) is 24.3 Å². The summed E-state index contributed by atoms with van der Waals surface area (Å²) in [5, 5.41) is 0. The number of benzene rings is 1. The largest absolute Gasteiger partial charge is 0.500 e. The van der Waals surface area contributed by atoms with Crippen LogP contribution in [0.5, 0.6) is 0 Å². The van der Waals surface area contributed by atoms with Crippen molar-refractivity contribution in [3.05, 3.63) is 35.4 Å². The fourth-order valence-electron chi connectivity index (χ4n) is 2.34. The molecule has 5 nitrogen and oxygen atoms in total. The summed E-state index contributed by atoms with van der Waals surface area (Å²) in [5.41, 5.74) is -4.15. The Hall–Kier alpha value is -0.593. The van der Waals surface area contributed by atoms with Crippen LogP contribution in [-0.2, 0) is 35.3 Å². The quantitative estimate of drug-likeness (QED) is 0.361. The first kappa shape index (κ1) is 24.4. The summed E-state index contributed by atoms with van der Waals surface area (Å²) < 4.78 is 75.6. The van der Waals surface area contributed by atoms with Crippen molar-refractivity contribution in [2.24, 2.45) is 0 Å². The Labute approximate surface area is 163 Å². The van der Waals surface area contributed by atoms with E-state index in [2.05, 4.69) is 0 Å². The Kier molecular flexibility index (Phi) is 9.79. The molecule has 0 aromatic heterocycles. The topological polar surface area (TPSA) is 61.8 Å². The van der Waals surface area contributed by atoms with Gasteiger partial charge in [-0.15, -0.1) is 0 Å². The molecule has 0 saturated heterocycles. The monoisotopic (exact) mass is 446 g/mol. The standard InChI is InChI=1S/C16H25F3O5S2Si/c1-22-27(23-2,24-3)12-4-10-25-11-9-14-5-7-15(8-6-14)13-26(20,21)16(17,18)19/h5-8H,4,9-13H2,1-3H3. The molecule has 0 unspecified atom stereocenters. The first-order chi connectivity index (χ1) is 12.6. The molecule has 0 aliphatic rings. The highest BCUT2D eigenvalue weighted by atomic mass is 32.2. The third-order valence-corrected chi connectivity index (χ3v) is 9.29. The number of aryl methyl sites for hydroxylation is 1. The first-order valence-electron chi connectivity index (χ1n) is 8.19. The Morgan fingerprint density at radius 1 is 0.963 bits per heavy atom. The van der Waals surface area contributed by atoms with Gasteiger partial charge in [0, 0.05) is 27.4 Å². The average Bonchev–Trinajstić information content (AvgIpc) is 2.62. The summed E-state index contributed by atoms with van der Waals surface area (Å²) >= 11 is 1.75. The molecule has 0 amide bonds. The third kappa shape index (κ3) is 7.74. The van der Waals surface area contributed by atoms with Crippen molar-refractivity contribution in [2.45, 2.75) is 30.1 Å². The normalized spacial score (nSPS) is 13.1. The fraction of sp³-hybridized carbons (Fsp3) is 0.625.